The van der Waals surface area contributed by atoms with Crippen LogP contribution in [-0.4, -0.2) is 36.8 Å². The molecule has 0 heterocycles. The lowest BCUT2D eigenvalue weighted by Crippen LogP contribution is -1.85. The number of isocyanates is 2. The second-order valence-electron chi connectivity index (χ2n) is 1.94. The first-order valence-electron chi connectivity index (χ1n) is 3.73. The minimum absolute atomic E-state index is 0.521. The number of hydrogen-bond acceptors (Lipinski definition) is 6. The minimum Gasteiger partial charge on any atom is -0.211 e. The summed E-state index contributed by atoms with van der Waals surface area (Å²) in [6.07, 6.45) is 3.85. The Balaban J connectivity index is 2.99. The standard InChI is InChI=1S/C7H10N2O2S2/c10-6-8-2-1-4-12-13-5-3-9-7-11/h1-5H2. The van der Waals surface area contributed by atoms with Crippen LogP contribution in [0.1, 0.15) is 6.42 Å². The van der Waals surface area contributed by atoms with Crippen molar-refractivity contribution in [3.05, 3.63) is 0 Å². The van der Waals surface area contributed by atoms with Crippen molar-refractivity contribution in [2.45, 2.75) is 6.42 Å². The summed E-state index contributed by atoms with van der Waals surface area (Å²) in [5.74, 6) is 1.76. The van der Waals surface area contributed by atoms with Gasteiger partial charge in [-0.3, -0.25) is 0 Å². The lowest BCUT2D eigenvalue weighted by atomic mass is 10.5. The van der Waals surface area contributed by atoms with E-state index in [0.717, 1.165) is 17.9 Å². The highest BCUT2D eigenvalue weighted by molar-refractivity contribution is 8.76. The summed E-state index contributed by atoms with van der Waals surface area (Å²) in [6.45, 7) is 1.07. The number of nitrogens with zero attached hydrogens (tertiary/aromatic N) is 2. The van der Waals surface area contributed by atoms with Crippen LogP contribution < -0.4 is 0 Å². The Labute approximate surface area is 84.7 Å². The summed E-state index contributed by atoms with van der Waals surface area (Å²) < 4.78 is 0. The molecule has 0 rings (SSSR count). The molecule has 0 unspecified atom stereocenters. The SMILES string of the molecule is O=C=NCCCSSCCN=C=O. The van der Waals surface area contributed by atoms with Gasteiger partial charge in [0.2, 0.25) is 12.2 Å². The molecule has 0 aliphatic rings. The molecule has 0 atom stereocenters. The molecule has 0 aromatic carbocycles. The third-order valence-electron chi connectivity index (χ3n) is 0.996. The third kappa shape index (κ3) is 11.5. The summed E-state index contributed by atoms with van der Waals surface area (Å²) in [7, 11) is 3.35. The molecular formula is C7H10N2O2S2. The lowest BCUT2D eigenvalue weighted by Gasteiger charge is -1.95. The van der Waals surface area contributed by atoms with Gasteiger partial charge in [0.05, 0.1) is 13.1 Å². The van der Waals surface area contributed by atoms with Crippen molar-refractivity contribution < 1.29 is 9.59 Å². The zero-order valence-electron chi connectivity index (χ0n) is 7.06. The largest absolute Gasteiger partial charge is 0.234 e. The van der Waals surface area contributed by atoms with Gasteiger partial charge < -0.3 is 0 Å². The Hall–Kier alpha value is -0.540. The van der Waals surface area contributed by atoms with Crippen LogP contribution in [0, 0.1) is 0 Å². The lowest BCUT2D eigenvalue weighted by molar-refractivity contribution is 0.562. The maximum absolute atomic E-state index is 9.66. The molecule has 0 aromatic rings. The van der Waals surface area contributed by atoms with Crippen molar-refractivity contribution in [2.24, 2.45) is 9.98 Å². The molecule has 0 aliphatic heterocycles. The quantitative estimate of drug-likeness (QED) is 0.268. The molecule has 0 saturated carbocycles. The van der Waals surface area contributed by atoms with Crippen LogP contribution in [-0.2, 0) is 9.59 Å². The van der Waals surface area contributed by atoms with Crippen molar-refractivity contribution in [1.29, 1.82) is 0 Å². The first-order valence-corrected chi connectivity index (χ1v) is 6.22. The zero-order valence-corrected chi connectivity index (χ0v) is 8.70. The highest BCUT2D eigenvalue weighted by atomic mass is 33.1. The van der Waals surface area contributed by atoms with Crippen LogP contribution in [0.25, 0.3) is 0 Å². The zero-order chi connectivity index (χ0) is 9.78. The van der Waals surface area contributed by atoms with Crippen LogP contribution in [0.3, 0.4) is 0 Å². The first kappa shape index (κ1) is 12.5. The highest BCUT2D eigenvalue weighted by Gasteiger charge is 1.89. The predicted octanol–water partition coefficient (Wildman–Crippen LogP) is 1.43. The van der Waals surface area contributed by atoms with E-state index in [-0.39, 0.29) is 0 Å². The molecule has 72 valence electrons. The van der Waals surface area contributed by atoms with Gasteiger partial charge in [-0.25, -0.2) is 19.6 Å². The first-order chi connectivity index (χ1) is 6.41. The molecule has 0 amide bonds. The molecule has 0 spiro atoms. The van der Waals surface area contributed by atoms with Gasteiger partial charge in [0, 0.05) is 11.5 Å². The topological polar surface area (TPSA) is 58.9 Å². The van der Waals surface area contributed by atoms with Gasteiger partial charge in [-0.15, -0.1) is 0 Å². The van der Waals surface area contributed by atoms with Gasteiger partial charge >= 0.3 is 0 Å². The van der Waals surface area contributed by atoms with E-state index >= 15 is 0 Å². The van der Waals surface area contributed by atoms with Crippen molar-refractivity contribution in [2.75, 3.05) is 24.6 Å². The fourth-order valence-corrected chi connectivity index (χ4v) is 2.43. The molecule has 4 nitrogen and oxygen atoms in total. The molecule has 0 aromatic heterocycles. The summed E-state index contributed by atoms with van der Waals surface area (Å²) in [5, 5.41) is 0. The second-order valence-corrected chi connectivity index (χ2v) is 4.65. The Morgan fingerprint density at radius 1 is 0.923 bits per heavy atom. The Morgan fingerprint density at radius 3 is 2.23 bits per heavy atom. The van der Waals surface area contributed by atoms with E-state index in [1.807, 2.05) is 0 Å². The van der Waals surface area contributed by atoms with Gasteiger partial charge in [-0.2, -0.15) is 0 Å². The van der Waals surface area contributed by atoms with Gasteiger partial charge in [0.15, 0.2) is 0 Å². The molecule has 0 saturated heterocycles. The summed E-state index contributed by atoms with van der Waals surface area (Å²) >= 11 is 0. The van der Waals surface area contributed by atoms with Crippen molar-refractivity contribution in [3.8, 4) is 0 Å². The van der Waals surface area contributed by atoms with Gasteiger partial charge in [-0.05, 0) is 6.42 Å². The van der Waals surface area contributed by atoms with Gasteiger partial charge in [0.1, 0.15) is 0 Å². The maximum Gasteiger partial charge on any atom is 0.234 e. The van der Waals surface area contributed by atoms with Crippen molar-refractivity contribution in [1.82, 2.24) is 0 Å². The fourth-order valence-electron chi connectivity index (χ4n) is 0.495. The molecular weight excluding hydrogens is 208 g/mol. The average molecular weight is 218 g/mol. The van der Waals surface area contributed by atoms with E-state index in [1.165, 1.54) is 12.2 Å². The fraction of sp³-hybridized carbons (Fsp3) is 0.714. The normalized spacial score (nSPS) is 8.62. The monoisotopic (exact) mass is 218 g/mol. The van der Waals surface area contributed by atoms with E-state index in [0.29, 0.717) is 13.1 Å². The van der Waals surface area contributed by atoms with Gasteiger partial charge in [0.25, 0.3) is 0 Å². The molecule has 0 fully saturated rings. The van der Waals surface area contributed by atoms with E-state index in [4.69, 9.17) is 0 Å². The molecule has 13 heavy (non-hydrogen) atoms. The highest BCUT2D eigenvalue weighted by Crippen LogP contribution is 2.21. The van der Waals surface area contributed by atoms with E-state index in [2.05, 4.69) is 9.98 Å². The van der Waals surface area contributed by atoms with Crippen LogP contribution in [0.5, 0.6) is 0 Å². The third-order valence-corrected chi connectivity index (χ3v) is 3.47. The maximum atomic E-state index is 9.66. The van der Waals surface area contributed by atoms with E-state index < -0.39 is 0 Å². The number of rotatable bonds is 8. The predicted molar refractivity (Wildman–Crippen MR) is 55.5 cm³/mol. The van der Waals surface area contributed by atoms with E-state index in [9.17, 15) is 9.59 Å². The molecule has 0 radical (unpaired) electrons. The van der Waals surface area contributed by atoms with Crippen LogP contribution in [0.15, 0.2) is 9.98 Å². The smallest absolute Gasteiger partial charge is 0.211 e. The molecule has 0 bridgehead atoms. The number of aliphatic imine (C=N–C) groups is 2. The summed E-state index contributed by atoms with van der Waals surface area (Å²) in [6, 6.07) is 0. The Kier molecular flexibility index (Phi) is 11.0. The van der Waals surface area contributed by atoms with Gasteiger partial charge in [-0.1, -0.05) is 21.6 Å². The average Bonchev–Trinajstić information content (AvgIpc) is 2.16. The van der Waals surface area contributed by atoms with E-state index in [1.54, 1.807) is 21.6 Å². The molecule has 0 N–H and O–H groups in total. The molecule has 6 heteroatoms. The number of carbonyl (C=O) groups excluding carboxylic acids is 2. The van der Waals surface area contributed by atoms with Crippen molar-refractivity contribution >= 4 is 33.7 Å². The van der Waals surface area contributed by atoms with Crippen LogP contribution in [0.2, 0.25) is 0 Å². The number of hydrogen-bond donors (Lipinski definition) is 0. The van der Waals surface area contributed by atoms with Crippen LogP contribution >= 0.6 is 21.6 Å². The summed E-state index contributed by atoms with van der Waals surface area (Å²) in [4.78, 5) is 26.1. The Morgan fingerprint density at radius 2 is 1.54 bits per heavy atom. The second kappa shape index (κ2) is 11.5. The molecule has 0 aliphatic carbocycles. The minimum atomic E-state index is 0.521. The summed E-state index contributed by atoms with van der Waals surface area (Å²) in [5.41, 5.74) is 0. The van der Waals surface area contributed by atoms with Crippen LogP contribution in [0.4, 0.5) is 0 Å². The Bertz CT molecular complexity index is 189. The van der Waals surface area contributed by atoms with Crippen molar-refractivity contribution in [3.63, 3.8) is 0 Å².